The molecule has 0 unspecified atom stereocenters. The SMILES string of the molecule is CCC1=NS(=O)(=O)c2cccnc2N1c1ccc(F)c(C)c1. The van der Waals surface area contributed by atoms with E-state index in [-0.39, 0.29) is 10.7 Å². The number of fused-ring (bicyclic) bond motifs is 1. The molecular weight excluding hydrogens is 305 g/mol. The Bertz CT molecular complexity index is 878. The maximum absolute atomic E-state index is 13.5. The van der Waals surface area contributed by atoms with Crippen LogP contribution in [0, 0.1) is 12.7 Å². The van der Waals surface area contributed by atoms with E-state index in [0.717, 1.165) is 0 Å². The van der Waals surface area contributed by atoms with Gasteiger partial charge in [-0.1, -0.05) is 6.92 Å². The summed E-state index contributed by atoms with van der Waals surface area (Å²) in [5, 5.41) is 0. The van der Waals surface area contributed by atoms with Gasteiger partial charge in [-0.25, -0.2) is 9.37 Å². The van der Waals surface area contributed by atoms with Gasteiger partial charge in [0.1, 0.15) is 16.5 Å². The summed E-state index contributed by atoms with van der Waals surface area (Å²) in [5.74, 6) is 0.335. The van der Waals surface area contributed by atoms with Gasteiger partial charge in [0, 0.05) is 18.3 Å². The molecule has 0 fully saturated rings. The third-order valence-electron chi connectivity index (χ3n) is 3.44. The molecule has 1 aliphatic rings. The van der Waals surface area contributed by atoms with E-state index in [1.165, 1.54) is 18.3 Å². The Morgan fingerprint density at radius 3 is 2.73 bits per heavy atom. The molecular formula is C15H14FN3O2S. The Morgan fingerprint density at radius 1 is 1.27 bits per heavy atom. The van der Waals surface area contributed by atoms with Crippen LogP contribution in [-0.2, 0) is 10.0 Å². The van der Waals surface area contributed by atoms with Crippen LogP contribution < -0.4 is 4.90 Å². The van der Waals surface area contributed by atoms with E-state index in [2.05, 4.69) is 9.38 Å². The maximum Gasteiger partial charge on any atom is 0.287 e. The summed E-state index contributed by atoms with van der Waals surface area (Å²) in [5.41, 5.74) is 1.10. The Morgan fingerprint density at radius 2 is 2.05 bits per heavy atom. The Kier molecular flexibility index (Phi) is 3.44. The highest BCUT2D eigenvalue weighted by atomic mass is 32.2. The third-order valence-corrected chi connectivity index (χ3v) is 4.77. The average molecular weight is 319 g/mol. The molecule has 2 heterocycles. The normalized spacial score (nSPS) is 16.1. The van der Waals surface area contributed by atoms with Crippen LogP contribution in [0.15, 0.2) is 45.8 Å². The van der Waals surface area contributed by atoms with E-state index < -0.39 is 10.0 Å². The molecule has 0 bridgehead atoms. The lowest BCUT2D eigenvalue weighted by Crippen LogP contribution is -2.32. The van der Waals surface area contributed by atoms with E-state index in [1.54, 1.807) is 30.0 Å². The summed E-state index contributed by atoms with van der Waals surface area (Å²) in [6.45, 7) is 3.47. The topological polar surface area (TPSA) is 62.6 Å². The molecule has 0 saturated heterocycles. The van der Waals surface area contributed by atoms with Crippen LogP contribution in [0.3, 0.4) is 0 Å². The number of aromatic nitrogens is 1. The second-order valence-electron chi connectivity index (χ2n) is 4.93. The van der Waals surface area contributed by atoms with Gasteiger partial charge in [-0.05, 0) is 42.8 Å². The van der Waals surface area contributed by atoms with Gasteiger partial charge in [-0.2, -0.15) is 8.42 Å². The number of halogens is 1. The molecule has 0 atom stereocenters. The molecule has 3 rings (SSSR count). The van der Waals surface area contributed by atoms with Gasteiger partial charge in [0.2, 0.25) is 0 Å². The molecule has 0 radical (unpaired) electrons. The summed E-state index contributed by atoms with van der Waals surface area (Å²) >= 11 is 0. The van der Waals surface area contributed by atoms with Crippen LogP contribution in [0.1, 0.15) is 18.9 Å². The van der Waals surface area contributed by atoms with Crippen LogP contribution >= 0.6 is 0 Å². The standard InChI is InChI=1S/C15H14FN3O2S/c1-3-14-18-22(20,21)13-5-4-8-17-15(13)19(14)11-6-7-12(16)10(2)9-11/h4-9H,3H2,1-2H3. The molecule has 2 aromatic rings. The van der Waals surface area contributed by atoms with Crippen LogP contribution in [-0.4, -0.2) is 19.2 Å². The minimum absolute atomic E-state index is 0.0502. The predicted molar refractivity (Wildman–Crippen MR) is 82.4 cm³/mol. The van der Waals surface area contributed by atoms with E-state index in [0.29, 0.717) is 29.3 Å². The van der Waals surface area contributed by atoms with E-state index >= 15 is 0 Å². The van der Waals surface area contributed by atoms with Crippen molar-refractivity contribution in [2.45, 2.75) is 25.2 Å². The zero-order chi connectivity index (χ0) is 15.9. The number of benzene rings is 1. The summed E-state index contributed by atoms with van der Waals surface area (Å²) < 4.78 is 41.8. The number of sulfonamides is 1. The Hall–Kier alpha value is -2.28. The monoisotopic (exact) mass is 319 g/mol. The highest BCUT2D eigenvalue weighted by molar-refractivity contribution is 7.90. The summed E-state index contributed by atoms with van der Waals surface area (Å²) in [6.07, 6.45) is 1.93. The number of anilines is 2. The van der Waals surface area contributed by atoms with Gasteiger partial charge in [0.05, 0.1) is 0 Å². The van der Waals surface area contributed by atoms with Gasteiger partial charge in [-0.15, -0.1) is 4.40 Å². The number of rotatable bonds is 2. The first-order chi connectivity index (χ1) is 10.4. The van der Waals surface area contributed by atoms with E-state index in [4.69, 9.17) is 0 Å². The first-order valence-corrected chi connectivity index (χ1v) is 8.23. The molecule has 0 amide bonds. The number of amidine groups is 1. The van der Waals surface area contributed by atoms with Crippen LogP contribution in [0.5, 0.6) is 0 Å². The molecule has 0 spiro atoms. The van der Waals surface area contributed by atoms with Crippen molar-refractivity contribution in [2.24, 2.45) is 4.40 Å². The second-order valence-corrected chi connectivity index (χ2v) is 6.50. The fourth-order valence-corrected chi connectivity index (χ4v) is 3.58. The molecule has 0 saturated carbocycles. The van der Waals surface area contributed by atoms with Gasteiger partial charge < -0.3 is 0 Å². The fraction of sp³-hybridized carbons (Fsp3) is 0.200. The number of pyridine rings is 1. The average Bonchev–Trinajstić information content (AvgIpc) is 2.50. The molecule has 1 aliphatic heterocycles. The first kappa shape index (κ1) is 14.6. The lowest BCUT2D eigenvalue weighted by atomic mass is 10.2. The predicted octanol–water partition coefficient (Wildman–Crippen LogP) is 3.18. The van der Waals surface area contributed by atoms with Crippen LogP contribution in [0.2, 0.25) is 0 Å². The van der Waals surface area contributed by atoms with Crippen molar-refractivity contribution in [3.63, 3.8) is 0 Å². The molecule has 0 aliphatic carbocycles. The minimum atomic E-state index is -3.75. The number of nitrogens with zero attached hydrogens (tertiary/aromatic N) is 3. The molecule has 5 nitrogen and oxygen atoms in total. The van der Waals surface area contributed by atoms with Crippen LogP contribution in [0.4, 0.5) is 15.9 Å². The quantitative estimate of drug-likeness (QED) is 0.853. The molecule has 7 heteroatoms. The van der Waals surface area contributed by atoms with Gasteiger partial charge in [0.25, 0.3) is 10.0 Å². The second kappa shape index (κ2) is 5.17. The van der Waals surface area contributed by atoms with Crippen molar-refractivity contribution in [1.29, 1.82) is 0 Å². The number of hydrogen-bond acceptors (Lipinski definition) is 4. The van der Waals surface area contributed by atoms with Crippen molar-refractivity contribution < 1.29 is 12.8 Å². The zero-order valence-electron chi connectivity index (χ0n) is 12.1. The fourth-order valence-electron chi connectivity index (χ4n) is 2.36. The van der Waals surface area contributed by atoms with Gasteiger partial charge >= 0.3 is 0 Å². The lowest BCUT2D eigenvalue weighted by Gasteiger charge is -2.29. The molecule has 1 aromatic heterocycles. The number of hydrogen-bond donors (Lipinski definition) is 0. The molecule has 114 valence electrons. The lowest BCUT2D eigenvalue weighted by molar-refractivity contribution is 0.596. The van der Waals surface area contributed by atoms with Gasteiger partial charge in [-0.3, -0.25) is 4.90 Å². The maximum atomic E-state index is 13.5. The highest BCUT2D eigenvalue weighted by Gasteiger charge is 2.32. The smallest absolute Gasteiger partial charge is 0.281 e. The third kappa shape index (κ3) is 2.27. The minimum Gasteiger partial charge on any atom is -0.281 e. The molecule has 1 aromatic carbocycles. The largest absolute Gasteiger partial charge is 0.287 e. The van der Waals surface area contributed by atoms with Crippen molar-refractivity contribution in [3.8, 4) is 0 Å². The summed E-state index contributed by atoms with van der Waals surface area (Å²) in [4.78, 5) is 5.90. The zero-order valence-corrected chi connectivity index (χ0v) is 12.9. The van der Waals surface area contributed by atoms with E-state index in [1.807, 2.05) is 6.92 Å². The number of aryl methyl sites for hydroxylation is 1. The van der Waals surface area contributed by atoms with Gasteiger partial charge in [0.15, 0.2) is 5.82 Å². The molecule has 0 N–H and O–H groups in total. The van der Waals surface area contributed by atoms with Crippen molar-refractivity contribution >= 4 is 27.4 Å². The Labute approximate surface area is 128 Å². The summed E-state index contributed by atoms with van der Waals surface area (Å²) in [7, 11) is -3.75. The molecule has 22 heavy (non-hydrogen) atoms. The summed E-state index contributed by atoms with van der Waals surface area (Å²) in [6, 6.07) is 7.61. The Balaban J connectivity index is 2.27. The van der Waals surface area contributed by atoms with Crippen molar-refractivity contribution in [3.05, 3.63) is 47.9 Å². The highest BCUT2D eigenvalue weighted by Crippen LogP contribution is 2.35. The van der Waals surface area contributed by atoms with Crippen LogP contribution in [0.25, 0.3) is 0 Å². The van der Waals surface area contributed by atoms with Crippen molar-refractivity contribution in [1.82, 2.24) is 4.98 Å². The first-order valence-electron chi connectivity index (χ1n) is 6.79. The van der Waals surface area contributed by atoms with Crippen molar-refractivity contribution in [2.75, 3.05) is 4.90 Å². The van der Waals surface area contributed by atoms with E-state index in [9.17, 15) is 12.8 Å².